The summed E-state index contributed by atoms with van der Waals surface area (Å²) in [5.41, 5.74) is 0.113. The van der Waals surface area contributed by atoms with Gasteiger partial charge < -0.3 is 5.32 Å². The molecule has 1 aliphatic carbocycles. The number of rotatable bonds is 2. The molecule has 2 unspecified atom stereocenters. The Hall–Kier alpha value is -0.900. The highest BCUT2D eigenvalue weighted by atomic mass is 79.9. The minimum atomic E-state index is -0.488. The van der Waals surface area contributed by atoms with Gasteiger partial charge in [-0.15, -0.1) is 0 Å². The van der Waals surface area contributed by atoms with Gasteiger partial charge in [0, 0.05) is 6.04 Å². The van der Waals surface area contributed by atoms with Gasteiger partial charge in [0.1, 0.15) is 5.82 Å². The van der Waals surface area contributed by atoms with Crippen molar-refractivity contribution < 1.29 is 9.18 Å². The van der Waals surface area contributed by atoms with Crippen LogP contribution in [0.4, 0.5) is 4.39 Å². The molecule has 0 spiro atoms. The quantitative estimate of drug-likeness (QED) is 0.881. The average Bonchev–Trinajstić information content (AvgIpc) is 2.35. The molecular weight excluding hydrogens is 297 g/mol. The molecule has 1 aromatic carbocycles. The highest BCUT2D eigenvalue weighted by molar-refractivity contribution is 9.10. The van der Waals surface area contributed by atoms with Crippen LogP contribution >= 0.6 is 15.9 Å². The Morgan fingerprint density at radius 2 is 2.11 bits per heavy atom. The lowest BCUT2D eigenvalue weighted by atomic mass is 9.86. The van der Waals surface area contributed by atoms with Crippen molar-refractivity contribution in [1.29, 1.82) is 0 Å². The fourth-order valence-electron chi connectivity index (χ4n) is 2.46. The van der Waals surface area contributed by atoms with Crippen molar-refractivity contribution in [1.82, 2.24) is 5.32 Å². The SMILES string of the molecule is CC1CCCCC1NC(=O)c1cccc(Br)c1F. The van der Waals surface area contributed by atoms with Gasteiger partial charge >= 0.3 is 0 Å². The molecule has 0 saturated heterocycles. The van der Waals surface area contributed by atoms with Crippen molar-refractivity contribution in [2.45, 2.75) is 38.6 Å². The second kappa shape index (κ2) is 5.83. The lowest BCUT2D eigenvalue weighted by Crippen LogP contribution is -2.41. The third-order valence-electron chi connectivity index (χ3n) is 3.62. The van der Waals surface area contributed by atoms with Crippen LogP contribution in [0, 0.1) is 11.7 Å². The second-order valence-corrected chi connectivity index (χ2v) is 5.80. The largest absolute Gasteiger partial charge is 0.349 e. The molecular formula is C14H17BrFNO. The van der Waals surface area contributed by atoms with E-state index < -0.39 is 5.82 Å². The van der Waals surface area contributed by atoms with Crippen molar-refractivity contribution >= 4 is 21.8 Å². The molecule has 1 fully saturated rings. The van der Waals surface area contributed by atoms with E-state index in [-0.39, 0.29) is 17.5 Å². The predicted octanol–water partition coefficient (Wildman–Crippen LogP) is 3.90. The van der Waals surface area contributed by atoms with Crippen molar-refractivity contribution in [2.24, 2.45) is 5.92 Å². The maximum Gasteiger partial charge on any atom is 0.254 e. The predicted molar refractivity (Wildman–Crippen MR) is 73.0 cm³/mol. The van der Waals surface area contributed by atoms with Gasteiger partial charge in [-0.3, -0.25) is 4.79 Å². The first-order valence-electron chi connectivity index (χ1n) is 6.34. The Labute approximate surface area is 115 Å². The molecule has 2 atom stereocenters. The van der Waals surface area contributed by atoms with Gasteiger partial charge in [-0.05, 0) is 46.8 Å². The summed E-state index contributed by atoms with van der Waals surface area (Å²) in [5.74, 6) is -0.330. The molecule has 0 bridgehead atoms. The molecule has 4 heteroatoms. The van der Waals surface area contributed by atoms with Crippen LogP contribution in [-0.2, 0) is 0 Å². The molecule has 0 aromatic heterocycles. The number of benzene rings is 1. The Morgan fingerprint density at radius 1 is 1.39 bits per heavy atom. The molecule has 0 radical (unpaired) electrons. The maximum absolute atomic E-state index is 13.8. The molecule has 1 aromatic rings. The van der Waals surface area contributed by atoms with Crippen LogP contribution in [0.15, 0.2) is 22.7 Å². The third kappa shape index (κ3) is 2.91. The monoisotopic (exact) mass is 313 g/mol. The fourth-order valence-corrected chi connectivity index (χ4v) is 2.82. The van der Waals surface area contributed by atoms with E-state index in [0.29, 0.717) is 10.4 Å². The number of amides is 1. The van der Waals surface area contributed by atoms with Crippen molar-refractivity contribution in [2.75, 3.05) is 0 Å². The summed E-state index contributed by atoms with van der Waals surface area (Å²) in [5, 5.41) is 2.95. The molecule has 1 aliphatic rings. The van der Waals surface area contributed by atoms with Crippen LogP contribution in [-0.4, -0.2) is 11.9 Å². The van der Waals surface area contributed by atoms with Crippen LogP contribution < -0.4 is 5.32 Å². The van der Waals surface area contributed by atoms with E-state index in [1.54, 1.807) is 12.1 Å². The van der Waals surface area contributed by atoms with E-state index in [0.717, 1.165) is 19.3 Å². The summed E-state index contributed by atoms with van der Waals surface area (Å²) in [6.45, 7) is 2.14. The van der Waals surface area contributed by atoms with Crippen LogP contribution in [0.2, 0.25) is 0 Å². The molecule has 1 saturated carbocycles. The van der Waals surface area contributed by atoms with E-state index >= 15 is 0 Å². The van der Waals surface area contributed by atoms with Gasteiger partial charge in [0.05, 0.1) is 10.0 Å². The zero-order chi connectivity index (χ0) is 13.1. The van der Waals surface area contributed by atoms with Crippen molar-refractivity contribution in [3.8, 4) is 0 Å². The van der Waals surface area contributed by atoms with Gasteiger partial charge in [-0.1, -0.05) is 25.8 Å². The highest BCUT2D eigenvalue weighted by Gasteiger charge is 2.24. The van der Waals surface area contributed by atoms with E-state index in [9.17, 15) is 9.18 Å². The summed E-state index contributed by atoms with van der Waals surface area (Å²) in [6.07, 6.45) is 4.48. The zero-order valence-corrected chi connectivity index (χ0v) is 12.0. The third-order valence-corrected chi connectivity index (χ3v) is 4.24. The first-order valence-corrected chi connectivity index (χ1v) is 7.13. The van der Waals surface area contributed by atoms with Gasteiger partial charge in [-0.25, -0.2) is 4.39 Å². The molecule has 98 valence electrons. The Balaban J connectivity index is 2.09. The lowest BCUT2D eigenvalue weighted by molar-refractivity contribution is 0.0906. The second-order valence-electron chi connectivity index (χ2n) is 4.94. The minimum absolute atomic E-state index is 0.113. The molecule has 1 N–H and O–H groups in total. The molecule has 0 heterocycles. The Kier molecular flexibility index (Phi) is 4.38. The molecule has 1 amide bonds. The highest BCUT2D eigenvalue weighted by Crippen LogP contribution is 2.25. The van der Waals surface area contributed by atoms with Crippen molar-refractivity contribution in [3.05, 3.63) is 34.1 Å². The number of nitrogens with one attached hydrogen (secondary N) is 1. The number of carbonyl (C=O) groups excluding carboxylic acids is 1. The van der Waals surface area contributed by atoms with Crippen LogP contribution in [0.1, 0.15) is 43.0 Å². The molecule has 0 aliphatic heterocycles. The topological polar surface area (TPSA) is 29.1 Å². The Morgan fingerprint density at radius 3 is 2.83 bits per heavy atom. The maximum atomic E-state index is 13.8. The first-order chi connectivity index (χ1) is 8.59. The smallest absolute Gasteiger partial charge is 0.254 e. The summed E-state index contributed by atoms with van der Waals surface area (Å²) in [6, 6.07) is 4.95. The molecule has 2 rings (SSSR count). The van der Waals surface area contributed by atoms with Crippen LogP contribution in [0.3, 0.4) is 0 Å². The summed E-state index contributed by atoms with van der Waals surface area (Å²) in [4.78, 5) is 12.1. The fraction of sp³-hybridized carbons (Fsp3) is 0.500. The first kappa shape index (κ1) is 13.5. The molecule has 2 nitrogen and oxygen atoms in total. The lowest BCUT2D eigenvalue weighted by Gasteiger charge is -2.29. The van der Waals surface area contributed by atoms with E-state index in [1.807, 2.05) is 0 Å². The van der Waals surface area contributed by atoms with E-state index in [2.05, 4.69) is 28.2 Å². The van der Waals surface area contributed by atoms with Crippen molar-refractivity contribution in [3.63, 3.8) is 0 Å². The van der Waals surface area contributed by atoms with Gasteiger partial charge in [0.2, 0.25) is 0 Å². The Bertz CT molecular complexity index is 449. The number of hydrogen-bond donors (Lipinski definition) is 1. The summed E-state index contributed by atoms with van der Waals surface area (Å²) < 4.78 is 14.1. The number of carbonyl (C=O) groups is 1. The van der Waals surface area contributed by atoms with Crippen LogP contribution in [0.5, 0.6) is 0 Å². The van der Waals surface area contributed by atoms with E-state index in [1.165, 1.54) is 12.5 Å². The normalized spacial score (nSPS) is 23.7. The zero-order valence-electron chi connectivity index (χ0n) is 10.4. The van der Waals surface area contributed by atoms with Gasteiger partial charge in [0.25, 0.3) is 5.91 Å². The van der Waals surface area contributed by atoms with Crippen LogP contribution in [0.25, 0.3) is 0 Å². The standard InChI is InChI=1S/C14H17BrFNO/c1-9-5-2-3-8-12(9)17-14(18)10-6-4-7-11(15)13(10)16/h4,6-7,9,12H,2-3,5,8H2,1H3,(H,17,18). The number of hydrogen-bond acceptors (Lipinski definition) is 1. The van der Waals surface area contributed by atoms with Gasteiger partial charge in [0.15, 0.2) is 0 Å². The van der Waals surface area contributed by atoms with E-state index in [4.69, 9.17) is 0 Å². The van der Waals surface area contributed by atoms with Gasteiger partial charge in [-0.2, -0.15) is 0 Å². The summed E-state index contributed by atoms with van der Waals surface area (Å²) in [7, 11) is 0. The molecule has 18 heavy (non-hydrogen) atoms. The number of halogens is 2. The minimum Gasteiger partial charge on any atom is -0.349 e. The summed E-state index contributed by atoms with van der Waals surface area (Å²) >= 11 is 3.10. The average molecular weight is 314 g/mol.